The summed E-state index contributed by atoms with van der Waals surface area (Å²) in [5, 5.41) is 3.05. The molecule has 0 bridgehead atoms. The van der Waals surface area contributed by atoms with E-state index in [1.54, 1.807) is 30.3 Å². The van der Waals surface area contributed by atoms with Crippen LogP contribution in [-0.4, -0.2) is 19.3 Å². The lowest BCUT2D eigenvalue weighted by atomic mass is 10.3. The number of nitrogens with one attached hydrogen (secondary N) is 1. The van der Waals surface area contributed by atoms with Gasteiger partial charge in [0.05, 0.1) is 10.2 Å². The zero-order valence-electron chi connectivity index (χ0n) is 12.0. The first kappa shape index (κ1) is 15.4. The molecular weight excluding hydrogens is 336 g/mol. The van der Waals surface area contributed by atoms with Crippen molar-refractivity contribution in [2.45, 2.75) is 11.8 Å². The van der Waals surface area contributed by atoms with Crippen LogP contribution in [-0.2, 0) is 14.9 Å². The van der Waals surface area contributed by atoms with Gasteiger partial charge in [0.25, 0.3) is 0 Å². The number of hydrogen-bond donors (Lipinski definition) is 1. The zero-order chi connectivity index (χ0) is 16.4. The van der Waals surface area contributed by atoms with E-state index in [1.807, 2.05) is 0 Å². The second kappa shape index (κ2) is 5.98. The molecule has 0 saturated carbocycles. The Kier molecular flexibility index (Phi) is 4.01. The molecule has 1 heterocycles. The molecule has 0 aliphatic rings. The number of benzene rings is 2. The number of anilines is 1. The van der Waals surface area contributed by atoms with Gasteiger partial charge in [0, 0.05) is 13.0 Å². The third kappa shape index (κ3) is 3.49. The van der Waals surface area contributed by atoms with Crippen molar-refractivity contribution in [3.63, 3.8) is 0 Å². The molecule has 0 aliphatic heterocycles. The van der Waals surface area contributed by atoms with Crippen LogP contribution in [0.3, 0.4) is 0 Å². The summed E-state index contributed by atoms with van der Waals surface area (Å²) in [5.41, 5.74) is 0.656. The Labute approximate surface area is 136 Å². The summed E-state index contributed by atoms with van der Waals surface area (Å²) in [6.07, 6.45) is 0. The van der Waals surface area contributed by atoms with Crippen LogP contribution < -0.4 is 9.50 Å². The zero-order valence-corrected chi connectivity index (χ0v) is 13.6. The third-order valence-electron chi connectivity index (χ3n) is 2.88. The number of nitrogens with zero attached hydrogens (tertiary/aromatic N) is 1. The quantitative estimate of drug-likeness (QED) is 0.733. The molecule has 6 nitrogen and oxygen atoms in total. The van der Waals surface area contributed by atoms with E-state index in [4.69, 9.17) is 4.18 Å². The number of amides is 1. The van der Waals surface area contributed by atoms with E-state index in [2.05, 4.69) is 10.3 Å². The SMILES string of the molecule is CC(=O)Nc1nc2ccc(OS(=O)(=O)c3ccccc3)cc2s1. The number of carbonyl (C=O) groups excluding carboxylic acids is 1. The van der Waals surface area contributed by atoms with E-state index < -0.39 is 10.1 Å². The topological polar surface area (TPSA) is 85.4 Å². The number of thiazole rings is 1. The van der Waals surface area contributed by atoms with E-state index in [-0.39, 0.29) is 16.6 Å². The van der Waals surface area contributed by atoms with E-state index in [0.29, 0.717) is 10.6 Å². The largest absolute Gasteiger partial charge is 0.379 e. The fourth-order valence-electron chi connectivity index (χ4n) is 1.92. The van der Waals surface area contributed by atoms with Gasteiger partial charge < -0.3 is 9.50 Å². The number of aromatic nitrogens is 1. The first-order valence-electron chi connectivity index (χ1n) is 6.62. The van der Waals surface area contributed by atoms with Gasteiger partial charge in [-0.25, -0.2) is 4.98 Å². The Morgan fingerprint density at radius 3 is 2.61 bits per heavy atom. The van der Waals surface area contributed by atoms with Crippen molar-refractivity contribution in [3.05, 3.63) is 48.5 Å². The van der Waals surface area contributed by atoms with E-state index in [9.17, 15) is 13.2 Å². The maximum absolute atomic E-state index is 12.2. The van der Waals surface area contributed by atoms with Crippen LogP contribution in [0.25, 0.3) is 10.2 Å². The fourth-order valence-corrected chi connectivity index (χ4v) is 3.81. The molecule has 0 saturated heterocycles. The molecule has 3 aromatic rings. The number of carbonyl (C=O) groups is 1. The number of fused-ring (bicyclic) bond motifs is 1. The molecule has 3 rings (SSSR count). The standard InChI is InChI=1S/C15H12N2O4S2/c1-10(18)16-15-17-13-8-7-11(9-14(13)22-15)21-23(19,20)12-5-3-2-4-6-12/h2-9H,1H3,(H,16,17,18). The van der Waals surface area contributed by atoms with Gasteiger partial charge in [0.2, 0.25) is 5.91 Å². The second-order valence-electron chi connectivity index (χ2n) is 4.68. The Bertz CT molecular complexity index is 966. The van der Waals surface area contributed by atoms with Crippen LogP contribution in [0.5, 0.6) is 5.75 Å². The summed E-state index contributed by atoms with van der Waals surface area (Å²) < 4.78 is 30.3. The minimum atomic E-state index is -3.88. The smallest absolute Gasteiger partial charge is 0.339 e. The van der Waals surface area contributed by atoms with Crippen LogP contribution in [0.4, 0.5) is 5.13 Å². The molecule has 118 valence electrons. The number of rotatable bonds is 4. The molecule has 0 fully saturated rings. The third-order valence-corrected chi connectivity index (χ3v) is 5.08. The summed E-state index contributed by atoms with van der Waals surface area (Å²) in [6.45, 7) is 1.40. The highest BCUT2D eigenvalue weighted by Crippen LogP contribution is 2.30. The van der Waals surface area contributed by atoms with Crippen LogP contribution in [0.1, 0.15) is 6.92 Å². The van der Waals surface area contributed by atoms with Gasteiger partial charge in [-0.2, -0.15) is 8.42 Å². The van der Waals surface area contributed by atoms with E-state index >= 15 is 0 Å². The molecule has 8 heteroatoms. The van der Waals surface area contributed by atoms with Gasteiger partial charge in [-0.05, 0) is 24.3 Å². The van der Waals surface area contributed by atoms with Gasteiger partial charge >= 0.3 is 10.1 Å². The van der Waals surface area contributed by atoms with Crippen molar-refractivity contribution in [1.29, 1.82) is 0 Å². The van der Waals surface area contributed by atoms with Gasteiger partial charge in [0.1, 0.15) is 10.6 Å². The summed E-state index contributed by atoms with van der Waals surface area (Å²) in [6, 6.07) is 12.7. The van der Waals surface area contributed by atoms with Gasteiger partial charge in [-0.15, -0.1) is 0 Å². The van der Waals surface area contributed by atoms with Crippen LogP contribution in [0.15, 0.2) is 53.4 Å². The molecular formula is C15H12N2O4S2. The molecule has 1 aromatic heterocycles. The van der Waals surface area contributed by atoms with Crippen LogP contribution in [0.2, 0.25) is 0 Å². The maximum atomic E-state index is 12.2. The van der Waals surface area contributed by atoms with E-state index in [1.165, 1.54) is 36.5 Å². The van der Waals surface area contributed by atoms with Crippen molar-refractivity contribution in [2.75, 3.05) is 5.32 Å². The lowest BCUT2D eigenvalue weighted by Gasteiger charge is -2.06. The molecule has 0 atom stereocenters. The van der Waals surface area contributed by atoms with Crippen molar-refractivity contribution >= 4 is 42.7 Å². The predicted octanol–water partition coefficient (Wildman–Crippen LogP) is 3.02. The average molecular weight is 348 g/mol. The summed E-state index contributed by atoms with van der Waals surface area (Å²) >= 11 is 1.24. The Hall–Kier alpha value is -2.45. The highest BCUT2D eigenvalue weighted by atomic mass is 32.2. The molecule has 0 radical (unpaired) electrons. The van der Waals surface area contributed by atoms with Crippen molar-refractivity contribution in [3.8, 4) is 5.75 Å². The summed E-state index contributed by atoms with van der Waals surface area (Å²) in [4.78, 5) is 15.4. The molecule has 1 amide bonds. The minimum Gasteiger partial charge on any atom is -0.379 e. The fraction of sp³-hybridized carbons (Fsp3) is 0.0667. The maximum Gasteiger partial charge on any atom is 0.339 e. The second-order valence-corrected chi connectivity index (χ2v) is 7.26. The monoisotopic (exact) mass is 348 g/mol. The summed E-state index contributed by atoms with van der Waals surface area (Å²) in [7, 11) is -3.88. The molecule has 2 aromatic carbocycles. The molecule has 0 aliphatic carbocycles. The first-order chi connectivity index (χ1) is 10.9. The van der Waals surface area contributed by atoms with Gasteiger partial charge in [-0.1, -0.05) is 29.5 Å². The van der Waals surface area contributed by atoms with Gasteiger partial charge in [0.15, 0.2) is 5.13 Å². The molecule has 0 spiro atoms. The average Bonchev–Trinajstić information content (AvgIpc) is 2.88. The van der Waals surface area contributed by atoms with Crippen LogP contribution in [0, 0.1) is 0 Å². The van der Waals surface area contributed by atoms with Crippen molar-refractivity contribution < 1.29 is 17.4 Å². The lowest BCUT2D eigenvalue weighted by molar-refractivity contribution is -0.114. The first-order valence-corrected chi connectivity index (χ1v) is 8.84. The molecule has 0 unspecified atom stereocenters. The van der Waals surface area contributed by atoms with Crippen LogP contribution >= 0.6 is 11.3 Å². The predicted molar refractivity (Wildman–Crippen MR) is 88.2 cm³/mol. The van der Waals surface area contributed by atoms with Crippen molar-refractivity contribution in [1.82, 2.24) is 4.98 Å². The van der Waals surface area contributed by atoms with Gasteiger partial charge in [-0.3, -0.25) is 4.79 Å². The lowest BCUT2D eigenvalue weighted by Crippen LogP contribution is -2.09. The Balaban J connectivity index is 1.90. The minimum absolute atomic E-state index is 0.0864. The molecule has 23 heavy (non-hydrogen) atoms. The highest BCUT2D eigenvalue weighted by Gasteiger charge is 2.16. The molecule has 1 N–H and O–H groups in total. The van der Waals surface area contributed by atoms with Crippen molar-refractivity contribution in [2.24, 2.45) is 0 Å². The summed E-state index contributed by atoms with van der Waals surface area (Å²) in [5.74, 6) is -0.0217. The normalized spacial score (nSPS) is 11.3. The van der Waals surface area contributed by atoms with E-state index in [0.717, 1.165) is 4.70 Å². The Morgan fingerprint density at radius 1 is 1.17 bits per heavy atom. The number of hydrogen-bond acceptors (Lipinski definition) is 6. The Morgan fingerprint density at radius 2 is 1.91 bits per heavy atom. The highest BCUT2D eigenvalue weighted by molar-refractivity contribution is 7.87.